The van der Waals surface area contributed by atoms with E-state index in [1.165, 1.54) is 0 Å². The van der Waals surface area contributed by atoms with Crippen molar-refractivity contribution < 1.29 is 9.47 Å². The normalized spacial score (nSPS) is 24.6. The van der Waals surface area contributed by atoms with Gasteiger partial charge in [0.15, 0.2) is 5.84 Å². The van der Waals surface area contributed by atoms with Crippen LogP contribution in [0.25, 0.3) is 0 Å². The van der Waals surface area contributed by atoms with Crippen molar-refractivity contribution in [3.05, 3.63) is 29.8 Å². The fraction of sp³-hybridized carbons (Fsp3) is 0.385. The first-order chi connectivity index (χ1) is 9.14. The number of para-hydroxylation sites is 1. The fourth-order valence-corrected chi connectivity index (χ4v) is 2.58. The van der Waals surface area contributed by atoms with Gasteiger partial charge in [0.05, 0.1) is 12.8 Å². The minimum absolute atomic E-state index is 0.427. The fourth-order valence-electron chi connectivity index (χ4n) is 2.58. The van der Waals surface area contributed by atoms with Crippen LogP contribution >= 0.6 is 0 Å². The summed E-state index contributed by atoms with van der Waals surface area (Å²) in [6, 6.07) is 8.41. The van der Waals surface area contributed by atoms with Gasteiger partial charge < -0.3 is 14.4 Å². The lowest BCUT2D eigenvalue weighted by Gasteiger charge is -2.32. The molecule has 2 aliphatic rings. The number of nitrogens with zero attached hydrogens (tertiary/aromatic N) is 4. The van der Waals surface area contributed by atoms with Crippen molar-refractivity contribution in [2.45, 2.75) is 5.72 Å². The minimum Gasteiger partial charge on any atom is -0.467 e. The van der Waals surface area contributed by atoms with E-state index in [1.807, 2.05) is 36.2 Å². The molecule has 19 heavy (non-hydrogen) atoms. The molecule has 0 aliphatic carbocycles. The Hall–Kier alpha value is -2.08. The lowest BCUT2D eigenvalue weighted by Crippen LogP contribution is -2.46. The monoisotopic (exact) mass is 260 g/mol. The van der Waals surface area contributed by atoms with Gasteiger partial charge in [0.25, 0.3) is 5.72 Å². The molecule has 0 saturated carbocycles. The summed E-state index contributed by atoms with van der Waals surface area (Å²) in [6.07, 6.45) is 0. The SMILES string of the molecule is COC1=NC2(OC)C(=NN1C)N(C)c1ccccc12. The number of hydrogen-bond donors (Lipinski definition) is 0. The van der Waals surface area contributed by atoms with Crippen LogP contribution in [0, 0.1) is 0 Å². The van der Waals surface area contributed by atoms with E-state index in [0.717, 1.165) is 17.1 Å². The second-order valence-corrected chi connectivity index (χ2v) is 4.47. The van der Waals surface area contributed by atoms with Gasteiger partial charge in [0.2, 0.25) is 0 Å². The number of fused-ring (bicyclic) bond motifs is 3. The highest BCUT2D eigenvalue weighted by atomic mass is 16.5. The second-order valence-electron chi connectivity index (χ2n) is 4.47. The van der Waals surface area contributed by atoms with Crippen LogP contribution in [0.15, 0.2) is 34.4 Å². The Morgan fingerprint density at radius 3 is 2.58 bits per heavy atom. The Morgan fingerprint density at radius 2 is 1.89 bits per heavy atom. The zero-order valence-corrected chi connectivity index (χ0v) is 11.4. The van der Waals surface area contributed by atoms with Crippen molar-refractivity contribution in [2.24, 2.45) is 10.1 Å². The quantitative estimate of drug-likeness (QED) is 0.761. The third-order valence-electron chi connectivity index (χ3n) is 3.50. The number of anilines is 1. The van der Waals surface area contributed by atoms with Crippen molar-refractivity contribution in [1.29, 1.82) is 0 Å². The van der Waals surface area contributed by atoms with Crippen LogP contribution in [-0.2, 0) is 15.2 Å². The van der Waals surface area contributed by atoms with E-state index in [1.54, 1.807) is 26.3 Å². The summed E-state index contributed by atoms with van der Waals surface area (Å²) >= 11 is 0. The topological polar surface area (TPSA) is 49.7 Å². The Morgan fingerprint density at radius 1 is 1.16 bits per heavy atom. The standard InChI is InChI=1S/C13H16N4O2/c1-16-10-8-6-5-7-9(10)13(19-4)11(16)15-17(2)12(14-13)18-3/h5-8H,1-4H3. The van der Waals surface area contributed by atoms with Gasteiger partial charge in [-0.25, -0.2) is 5.01 Å². The van der Waals surface area contributed by atoms with Gasteiger partial charge in [0, 0.05) is 26.8 Å². The molecule has 0 amide bonds. The number of rotatable bonds is 1. The molecule has 0 fully saturated rings. The molecule has 6 nitrogen and oxygen atoms in total. The summed E-state index contributed by atoms with van der Waals surface area (Å²) in [4.78, 5) is 6.60. The number of hydrogen-bond acceptors (Lipinski definition) is 6. The van der Waals surface area contributed by atoms with Crippen molar-refractivity contribution >= 4 is 17.5 Å². The smallest absolute Gasteiger partial charge is 0.311 e. The number of hydrazone groups is 1. The molecule has 0 aromatic heterocycles. The van der Waals surface area contributed by atoms with Crippen LogP contribution in [0.1, 0.15) is 5.56 Å². The van der Waals surface area contributed by atoms with Crippen LogP contribution in [0.2, 0.25) is 0 Å². The van der Waals surface area contributed by atoms with E-state index in [4.69, 9.17) is 9.47 Å². The minimum atomic E-state index is -0.913. The molecule has 2 heterocycles. The first-order valence-corrected chi connectivity index (χ1v) is 5.99. The van der Waals surface area contributed by atoms with Gasteiger partial charge in [-0.2, -0.15) is 4.99 Å². The highest BCUT2D eigenvalue weighted by molar-refractivity contribution is 6.11. The third-order valence-corrected chi connectivity index (χ3v) is 3.50. The van der Waals surface area contributed by atoms with Crippen molar-refractivity contribution in [3.63, 3.8) is 0 Å². The van der Waals surface area contributed by atoms with E-state index in [9.17, 15) is 0 Å². The van der Waals surface area contributed by atoms with Crippen LogP contribution in [0.4, 0.5) is 5.69 Å². The molecule has 2 aliphatic heterocycles. The van der Waals surface area contributed by atoms with E-state index in [0.29, 0.717) is 6.02 Å². The van der Waals surface area contributed by atoms with Gasteiger partial charge in [-0.3, -0.25) is 0 Å². The predicted molar refractivity (Wildman–Crippen MR) is 73.2 cm³/mol. The third kappa shape index (κ3) is 1.40. The maximum absolute atomic E-state index is 5.71. The zero-order chi connectivity index (χ0) is 13.6. The van der Waals surface area contributed by atoms with E-state index < -0.39 is 5.72 Å². The lowest BCUT2D eigenvalue weighted by atomic mass is 10.0. The number of likely N-dealkylation sites (N-methyl/N-ethyl adjacent to an activating group) is 1. The van der Waals surface area contributed by atoms with Gasteiger partial charge >= 0.3 is 6.02 Å². The number of amidine groups is 2. The summed E-state index contributed by atoms with van der Waals surface area (Å²) in [6.45, 7) is 0. The molecule has 100 valence electrons. The summed E-state index contributed by atoms with van der Waals surface area (Å²) in [5, 5.41) is 6.14. The molecule has 1 atom stereocenters. The molecular formula is C13H16N4O2. The van der Waals surface area contributed by atoms with Gasteiger partial charge in [-0.15, -0.1) is 5.10 Å². The number of aliphatic imine (C=N–C) groups is 1. The molecule has 3 rings (SSSR count). The molecule has 1 unspecified atom stereocenters. The first kappa shape index (κ1) is 12.0. The summed E-state index contributed by atoms with van der Waals surface area (Å²) in [5.74, 6) is 0.736. The van der Waals surface area contributed by atoms with Crippen molar-refractivity contribution in [3.8, 4) is 0 Å². The highest BCUT2D eigenvalue weighted by Crippen LogP contribution is 2.44. The molecule has 0 spiro atoms. The van der Waals surface area contributed by atoms with Gasteiger partial charge in [-0.05, 0) is 6.07 Å². The maximum Gasteiger partial charge on any atom is 0.311 e. The molecule has 1 aromatic rings. The zero-order valence-electron chi connectivity index (χ0n) is 11.4. The number of methoxy groups -OCH3 is 2. The maximum atomic E-state index is 5.71. The molecular weight excluding hydrogens is 244 g/mol. The highest BCUT2D eigenvalue weighted by Gasteiger charge is 2.51. The molecule has 0 bridgehead atoms. The molecule has 0 N–H and O–H groups in total. The van der Waals surface area contributed by atoms with Crippen molar-refractivity contribution in [2.75, 3.05) is 33.2 Å². The second kappa shape index (κ2) is 3.96. The van der Waals surface area contributed by atoms with Gasteiger partial charge in [-0.1, -0.05) is 18.2 Å². The first-order valence-electron chi connectivity index (χ1n) is 5.99. The van der Waals surface area contributed by atoms with Gasteiger partial charge in [0.1, 0.15) is 0 Å². The predicted octanol–water partition coefficient (Wildman–Crippen LogP) is 1.20. The molecule has 0 saturated heterocycles. The summed E-state index contributed by atoms with van der Waals surface area (Å²) in [7, 11) is 6.96. The average molecular weight is 260 g/mol. The average Bonchev–Trinajstić information content (AvgIpc) is 2.69. The Kier molecular flexibility index (Phi) is 2.50. The van der Waals surface area contributed by atoms with E-state index in [2.05, 4.69) is 10.1 Å². The number of benzene rings is 1. The van der Waals surface area contributed by atoms with Crippen LogP contribution in [0.5, 0.6) is 0 Å². The largest absolute Gasteiger partial charge is 0.467 e. The van der Waals surface area contributed by atoms with Crippen LogP contribution < -0.4 is 4.90 Å². The summed E-state index contributed by atoms with van der Waals surface area (Å²) < 4.78 is 11.0. The van der Waals surface area contributed by atoms with Crippen molar-refractivity contribution in [1.82, 2.24) is 5.01 Å². The van der Waals surface area contributed by atoms with E-state index in [-0.39, 0.29) is 0 Å². The summed E-state index contributed by atoms with van der Waals surface area (Å²) in [5.41, 5.74) is 1.10. The van der Waals surface area contributed by atoms with Crippen LogP contribution in [-0.4, -0.2) is 45.2 Å². The lowest BCUT2D eigenvalue weighted by molar-refractivity contribution is 0.0484. The molecule has 1 aromatic carbocycles. The van der Waals surface area contributed by atoms with E-state index >= 15 is 0 Å². The van der Waals surface area contributed by atoms with Crippen LogP contribution in [0.3, 0.4) is 0 Å². The Balaban J connectivity index is 2.26. The Bertz CT molecular complexity index is 584. The Labute approximate surface area is 111 Å². The number of ether oxygens (including phenoxy) is 2. The molecule has 0 radical (unpaired) electrons. The molecule has 6 heteroatoms.